The number of nitrogens with one attached hydrogen (secondary N) is 3. The molecule has 32 heavy (non-hydrogen) atoms. The van der Waals surface area contributed by atoms with Gasteiger partial charge in [0.1, 0.15) is 11.4 Å². The number of nitrogens with zero attached hydrogens (tertiary/aromatic N) is 5. The lowest BCUT2D eigenvalue weighted by molar-refractivity contribution is 0.101. The molecule has 2 amide bonds. The Bertz CT molecular complexity index is 1280. The number of aromatic amines is 1. The van der Waals surface area contributed by atoms with Crippen molar-refractivity contribution >= 4 is 23.2 Å². The minimum Gasteiger partial charge on any atom is -0.318 e. The second-order valence-electron chi connectivity index (χ2n) is 7.43. The van der Waals surface area contributed by atoms with Crippen molar-refractivity contribution in [2.45, 2.75) is 27.3 Å². The van der Waals surface area contributed by atoms with E-state index in [0.717, 1.165) is 16.8 Å². The highest BCUT2D eigenvalue weighted by molar-refractivity contribution is 6.11. The zero-order valence-corrected chi connectivity index (χ0v) is 18.3. The Hall–Kier alpha value is -4.21. The van der Waals surface area contributed by atoms with E-state index in [-0.39, 0.29) is 17.3 Å². The summed E-state index contributed by atoms with van der Waals surface area (Å²) in [6.07, 6.45) is 3.04. The van der Waals surface area contributed by atoms with Gasteiger partial charge in [0.05, 0.1) is 35.2 Å². The summed E-state index contributed by atoms with van der Waals surface area (Å²) in [7, 11) is 1.79. The molecular weight excluding hydrogens is 408 g/mol. The standard InChI is InChI=1S/C22H24N8O2/c1-5-30-20(22(32)25-18-11-23-29(4)14(18)3)19(12-24-30)26-21(31)17-10-16(27-28-17)15-8-6-13(2)7-9-15/h6-12H,5H2,1-4H3,(H,25,32)(H,26,31)(H,27,28). The summed E-state index contributed by atoms with van der Waals surface area (Å²) in [4.78, 5) is 25.8. The third kappa shape index (κ3) is 4.02. The van der Waals surface area contributed by atoms with Crippen LogP contribution in [0.15, 0.2) is 42.7 Å². The van der Waals surface area contributed by atoms with E-state index in [0.29, 0.717) is 23.6 Å². The quantitative estimate of drug-likeness (QED) is 0.432. The zero-order chi connectivity index (χ0) is 22.8. The Kier molecular flexibility index (Phi) is 5.59. The molecule has 0 bridgehead atoms. The van der Waals surface area contributed by atoms with Crippen LogP contribution in [0.5, 0.6) is 0 Å². The van der Waals surface area contributed by atoms with Crippen molar-refractivity contribution in [3.05, 3.63) is 65.4 Å². The maximum atomic E-state index is 13.0. The molecule has 1 aromatic carbocycles. The average molecular weight is 432 g/mol. The Morgan fingerprint density at radius 2 is 1.69 bits per heavy atom. The van der Waals surface area contributed by atoms with E-state index < -0.39 is 5.91 Å². The van der Waals surface area contributed by atoms with Crippen LogP contribution in [0.1, 0.15) is 39.2 Å². The first-order chi connectivity index (χ1) is 15.4. The Balaban J connectivity index is 1.55. The molecule has 4 rings (SSSR count). The first kappa shape index (κ1) is 21.0. The van der Waals surface area contributed by atoms with E-state index in [9.17, 15) is 9.59 Å². The minimum absolute atomic E-state index is 0.252. The first-order valence-corrected chi connectivity index (χ1v) is 10.2. The zero-order valence-electron chi connectivity index (χ0n) is 18.3. The number of hydrogen-bond donors (Lipinski definition) is 3. The fourth-order valence-corrected chi connectivity index (χ4v) is 3.26. The third-order valence-electron chi connectivity index (χ3n) is 5.26. The lowest BCUT2D eigenvalue weighted by Crippen LogP contribution is -2.21. The smallest absolute Gasteiger partial charge is 0.276 e. The molecular formula is C22H24N8O2. The molecule has 0 saturated carbocycles. The predicted octanol–water partition coefficient (Wildman–Crippen LogP) is 3.15. The highest BCUT2D eigenvalue weighted by atomic mass is 16.2. The predicted molar refractivity (Wildman–Crippen MR) is 121 cm³/mol. The molecule has 0 fully saturated rings. The molecule has 0 unspecified atom stereocenters. The molecule has 0 atom stereocenters. The van der Waals surface area contributed by atoms with Crippen LogP contribution >= 0.6 is 0 Å². The third-order valence-corrected chi connectivity index (χ3v) is 5.26. The van der Waals surface area contributed by atoms with E-state index >= 15 is 0 Å². The SMILES string of the molecule is CCn1ncc(NC(=O)c2cc(-c3ccc(C)cc3)n[nH]2)c1C(=O)Nc1cnn(C)c1C. The fourth-order valence-electron chi connectivity index (χ4n) is 3.26. The van der Waals surface area contributed by atoms with Crippen LogP contribution in [-0.2, 0) is 13.6 Å². The maximum absolute atomic E-state index is 13.0. The molecule has 10 heteroatoms. The second-order valence-corrected chi connectivity index (χ2v) is 7.43. The number of H-pyrrole nitrogens is 1. The van der Waals surface area contributed by atoms with Gasteiger partial charge in [-0.1, -0.05) is 29.8 Å². The minimum atomic E-state index is -0.418. The molecule has 164 valence electrons. The molecule has 10 nitrogen and oxygen atoms in total. The molecule has 3 heterocycles. The lowest BCUT2D eigenvalue weighted by atomic mass is 10.1. The van der Waals surface area contributed by atoms with E-state index in [1.54, 1.807) is 24.0 Å². The van der Waals surface area contributed by atoms with Gasteiger partial charge in [-0.05, 0) is 26.8 Å². The number of benzene rings is 1. The monoisotopic (exact) mass is 432 g/mol. The molecule has 0 radical (unpaired) electrons. The van der Waals surface area contributed by atoms with Gasteiger partial charge in [0.25, 0.3) is 11.8 Å². The van der Waals surface area contributed by atoms with Crippen molar-refractivity contribution in [1.82, 2.24) is 29.8 Å². The number of amides is 2. The van der Waals surface area contributed by atoms with Gasteiger partial charge < -0.3 is 10.6 Å². The molecule has 4 aromatic rings. The van der Waals surface area contributed by atoms with Crippen LogP contribution in [0.25, 0.3) is 11.3 Å². The summed E-state index contributed by atoms with van der Waals surface area (Å²) in [5.41, 5.74) is 4.94. The van der Waals surface area contributed by atoms with E-state index in [1.807, 2.05) is 45.0 Å². The van der Waals surface area contributed by atoms with Gasteiger partial charge in [0.15, 0.2) is 0 Å². The van der Waals surface area contributed by atoms with Gasteiger partial charge in [-0.2, -0.15) is 15.3 Å². The molecule has 3 N–H and O–H groups in total. The van der Waals surface area contributed by atoms with Gasteiger partial charge in [-0.25, -0.2) is 0 Å². The van der Waals surface area contributed by atoms with E-state index in [2.05, 4.69) is 31.0 Å². The van der Waals surface area contributed by atoms with Crippen LogP contribution < -0.4 is 10.6 Å². The van der Waals surface area contributed by atoms with Gasteiger partial charge in [-0.15, -0.1) is 0 Å². The molecule has 0 aliphatic carbocycles. The van der Waals surface area contributed by atoms with Crippen molar-refractivity contribution in [3.63, 3.8) is 0 Å². The molecule has 3 aromatic heterocycles. The summed E-state index contributed by atoms with van der Waals surface area (Å²) < 4.78 is 3.20. The lowest BCUT2D eigenvalue weighted by Gasteiger charge is -2.09. The van der Waals surface area contributed by atoms with Crippen LogP contribution in [0.3, 0.4) is 0 Å². The average Bonchev–Trinajstić information content (AvgIpc) is 3.50. The summed E-state index contributed by atoms with van der Waals surface area (Å²) >= 11 is 0. The highest BCUT2D eigenvalue weighted by Crippen LogP contribution is 2.22. The van der Waals surface area contributed by atoms with Crippen LogP contribution in [0.2, 0.25) is 0 Å². The normalized spacial score (nSPS) is 10.9. The van der Waals surface area contributed by atoms with Crippen LogP contribution in [0, 0.1) is 13.8 Å². The number of hydrogen-bond acceptors (Lipinski definition) is 5. The van der Waals surface area contributed by atoms with Crippen molar-refractivity contribution in [3.8, 4) is 11.3 Å². The van der Waals surface area contributed by atoms with Crippen molar-refractivity contribution in [1.29, 1.82) is 0 Å². The number of anilines is 2. The molecule has 0 saturated heterocycles. The maximum Gasteiger partial charge on any atom is 0.276 e. The van der Waals surface area contributed by atoms with Gasteiger partial charge in [0, 0.05) is 19.2 Å². The topological polar surface area (TPSA) is 123 Å². The number of aryl methyl sites for hydroxylation is 3. The molecule has 0 spiro atoms. The largest absolute Gasteiger partial charge is 0.318 e. The Labute approximate surface area is 184 Å². The Morgan fingerprint density at radius 3 is 2.34 bits per heavy atom. The first-order valence-electron chi connectivity index (χ1n) is 10.2. The van der Waals surface area contributed by atoms with E-state index in [1.165, 1.54) is 10.9 Å². The van der Waals surface area contributed by atoms with Crippen molar-refractivity contribution < 1.29 is 9.59 Å². The van der Waals surface area contributed by atoms with Crippen molar-refractivity contribution in [2.75, 3.05) is 10.6 Å². The fraction of sp³-hybridized carbons (Fsp3) is 0.227. The highest BCUT2D eigenvalue weighted by Gasteiger charge is 2.22. The van der Waals surface area contributed by atoms with E-state index in [4.69, 9.17) is 0 Å². The summed E-state index contributed by atoms with van der Waals surface area (Å²) in [6.45, 7) is 6.19. The van der Waals surface area contributed by atoms with Gasteiger partial charge >= 0.3 is 0 Å². The number of rotatable bonds is 6. The summed E-state index contributed by atoms with van der Waals surface area (Å²) in [6, 6.07) is 9.53. The summed E-state index contributed by atoms with van der Waals surface area (Å²) in [5.74, 6) is -0.807. The van der Waals surface area contributed by atoms with Gasteiger partial charge in [-0.3, -0.25) is 24.1 Å². The number of aromatic nitrogens is 6. The molecule has 0 aliphatic rings. The van der Waals surface area contributed by atoms with Crippen molar-refractivity contribution in [2.24, 2.45) is 7.05 Å². The Morgan fingerprint density at radius 1 is 1.00 bits per heavy atom. The second kappa shape index (κ2) is 8.50. The molecule has 0 aliphatic heterocycles. The summed E-state index contributed by atoms with van der Waals surface area (Å²) in [5, 5.41) is 21.0. The van der Waals surface area contributed by atoms with Crippen LogP contribution in [-0.4, -0.2) is 41.6 Å². The van der Waals surface area contributed by atoms with Gasteiger partial charge in [0.2, 0.25) is 0 Å². The van der Waals surface area contributed by atoms with Crippen LogP contribution in [0.4, 0.5) is 11.4 Å². The number of carbonyl (C=O) groups is 2. The number of carbonyl (C=O) groups excluding carboxylic acids is 2.